The van der Waals surface area contributed by atoms with Gasteiger partial charge in [-0.25, -0.2) is 4.39 Å². The highest BCUT2D eigenvalue weighted by atomic mass is 35.5. The predicted molar refractivity (Wildman–Crippen MR) is 88.1 cm³/mol. The zero-order valence-corrected chi connectivity index (χ0v) is 13.4. The van der Waals surface area contributed by atoms with Crippen molar-refractivity contribution in [2.45, 2.75) is 0 Å². The van der Waals surface area contributed by atoms with Crippen molar-refractivity contribution in [3.05, 3.63) is 47.2 Å². The Morgan fingerprint density at radius 2 is 1.83 bits per heavy atom. The molecule has 5 nitrogen and oxygen atoms in total. The van der Waals surface area contributed by atoms with Gasteiger partial charge in [-0.1, -0.05) is 23.7 Å². The highest BCUT2D eigenvalue weighted by molar-refractivity contribution is 6.32. The summed E-state index contributed by atoms with van der Waals surface area (Å²) in [5, 5.41) is 5.78. The summed E-state index contributed by atoms with van der Waals surface area (Å²) in [6.45, 7) is -0.0739. The van der Waals surface area contributed by atoms with Crippen LogP contribution in [-0.4, -0.2) is 26.7 Å². The number of carbonyl (C=O) groups excluding carboxylic acids is 1. The average molecular weight is 339 g/mol. The molecule has 0 saturated heterocycles. The number of ether oxygens (including phenoxy) is 2. The molecule has 0 aliphatic carbocycles. The summed E-state index contributed by atoms with van der Waals surface area (Å²) in [7, 11) is 2.98. The molecule has 1 amide bonds. The van der Waals surface area contributed by atoms with Gasteiger partial charge in [0.1, 0.15) is 17.3 Å². The number of carbonyl (C=O) groups is 1. The van der Waals surface area contributed by atoms with E-state index in [-0.39, 0.29) is 12.2 Å². The van der Waals surface area contributed by atoms with Crippen LogP contribution in [0.1, 0.15) is 0 Å². The van der Waals surface area contributed by atoms with Crippen LogP contribution in [-0.2, 0) is 4.79 Å². The fourth-order valence-corrected chi connectivity index (χ4v) is 2.16. The fraction of sp³-hybridized carbons (Fsp3) is 0.188. The third-order valence-corrected chi connectivity index (χ3v) is 3.36. The lowest BCUT2D eigenvalue weighted by Crippen LogP contribution is -2.22. The molecule has 0 heterocycles. The quantitative estimate of drug-likeness (QED) is 0.845. The van der Waals surface area contributed by atoms with E-state index in [1.165, 1.54) is 26.4 Å². The molecule has 0 unspecified atom stereocenters. The Morgan fingerprint density at radius 3 is 2.48 bits per heavy atom. The predicted octanol–water partition coefficient (Wildman–Crippen LogP) is 3.55. The second kappa shape index (κ2) is 7.69. The molecule has 2 aromatic carbocycles. The molecule has 0 radical (unpaired) electrons. The molecule has 2 rings (SSSR count). The van der Waals surface area contributed by atoms with Crippen molar-refractivity contribution in [2.75, 3.05) is 31.4 Å². The van der Waals surface area contributed by atoms with Crippen LogP contribution in [0, 0.1) is 5.82 Å². The molecule has 2 N–H and O–H groups in total. The molecule has 122 valence electrons. The minimum absolute atomic E-state index is 0.0739. The lowest BCUT2D eigenvalue weighted by atomic mass is 10.2. The van der Waals surface area contributed by atoms with Gasteiger partial charge >= 0.3 is 0 Å². The molecule has 0 aliphatic heterocycles. The van der Waals surface area contributed by atoms with Crippen molar-refractivity contribution in [1.82, 2.24) is 0 Å². The first-order valence-electron chi connectivity index (χ1n) is 6.75. The second-order valence-corrected chi connectivity index (χ2v) is 4.98. The first-order valence-corrected chi connectivity index (χ1v) is 7.12. The number of anilines is 2. The van der Waals surface area contributed by atoms with Gasteiger partial charge in [-0.3, -0.25) is 4.79 Å². The van der Waals surface area contributed by atoms with Gasteiger partial charge in [-0.2, -0.15) is 0 Å². The lowest BCUT2D eigenvalue weighted by Gasteiger charge is -2.14. The van der Waals surface area contributed by atoms with Crippen LogP contribution in [0.15, 0.2) is 36.4 Å². The van der Waals surface area contributed by atoms with E-state index in [1.54, 1.807) is 24.3 Å². The van der Waals surface area contributed by atoms with Crippen LogP contribution in [0.25, 0.3) is 0 Å². The number of para-hydroxylation sites is 1. The zero-order chi connectivity index (χ0) is 16.8. The Balaban J connectivity index is 2.05. The molecule has 0 bridgehead atoms. The Labute approximate surface area is 138 Å². The Morgan fingerprint density at radius 1 is 1.13 bits per heavy atom. The Bertz CT molecular complexity index is 710. The van der Waals surface area contributed by atoms with Crippen LogP contribution >= 0.6 is 11.6 Å². The monoisotopic (exact) mass is 338 g/mol. The molecule has 0 fully saturated rings. The van der Waals surface area contributed by atoms with Crippen LogP contribution in [0.2, 0.25) is 5.02 Å². The van der Waals surface area contributed by atoms with Gasteiger partial charge in [0.2, 0.25) is 5.91 Å². The third-order valence-electron chi connectivity index (χ3n) is 3.06. The molecule has 0 saturated carbocycles. The van der Waals surface area contributed by atoms with Crippen molar-refractivity contribution >= 4 is 28.9 Å². The normalized spacial score (nSPS) is 10.1. The highest BCUT2D eigenvalue weighted by Crippen LogP contribution is 2.35. The largest absolute Gasteiger partial charge is 0.495 e. The number of nitrogens with one attached hydrogen (secondary N) is 2. The van der Waals surface area contributed by atoms with Crippen molar-refractivity contribution in [1.29, 1.82) is 0 Å². The van der Waals surface area contributed by atoms with Crippen molar-refractivity contribution < 1.29 is 18.7 Å². The van der Waals surface area contributed by atoms with Crippen molar-refractivity contribution in [3.63, 3.8) is 0 Å². The van der Waals surface area contributed by atoms with Gasteiger partial charge in [0, 0.05) is 12.1 Å². The summed E-state index contributed by atoms with van der Waals surface area (Å²) in [6.07, 6.45) is 0. The molecule has 0 atom stereocenters. The van der Waals surface area contributed by atoms with Gasteiger partial charge in [0.15, 0.2) is 0 Å². The number of halogens is 2. The van der Waals surface area contributed by atoms with Crippen LogP contribution in [0.4, 0.5) is 15.8 Å². The molecule has 0 spiro atoms. The highest BCUT2D eigenvalue weighted by Gasteiger charge is 2.12. The van der Waals surface area contributed by atoms with Crippen LogP contribution < -0.4 is 20.1 Å². The standard InChI is InChI=1S/C16H16ClFN2O3/c1-22-14-8-13(15(23-2)7-10(14)17)19-9-16(21)20-12-6-4-3-5-11(12)18/h3-8,19H,9H2,1-2H3,(H,20,21). The number of hydrogen-bond donors (Lipinski definition) is 2. The maximum Gasteiger partial charge on any atom is 0.243 e. The van der Waals surface area contributed by atoms with E-state index in [0.29, 0.717) is 22.2 Å². The maximum absolute atomic E-state index is 13.5. The van der Waals surface area contributed by atoms with E-state index < -0.39 is 11.7 Å². The van der Waals surface area contributed by atoms with Crippen molar-refractivity contribution in [2.24, 2.45) is 0 Å². The van der Waals surface area contributed by atoms with E-state index in [1.807, 2.05) is 0 Å². The van der Waals surface area contributed by atoms with E-state index in [4.69, 9.17) is 21.1 Å². The summed E-state index contributed by atoms with van der Waals surface area (Å²) in [5.41, 5.74) is 0.664. The molecular weight excluding hydrogens is 323 g/mol. The van der Waals surface area contributed by atoms with E-state index in [0.717, 1.165) is 0 Å². The van der Waals surface area contributed by atoms with E-state index >= 15 is 0 Å². The second-order valence-electron chi connectivity index (χ2n) is 4.57. The van der Waals surface area contributed by atoms with Gasteiger partial charge in [0.25, 0.3) is 0 Å². The molecule has 7 heteroatoms. The van der Waals surface area contributed by atoms with E-state index in [9.17, 15) is 9.18 Å². The Kier molecular flexibility index (Phi) is 5.65. The molecular formula is C16H16ClFN2O3. The van der Waals surface area contributed by atoms with Gasteiger partial charge in [0.05, 0.1) is 37.2 Å². The zero-order valence-electron chi connectivity index (χ0n) is 12.7. The third kappa shape index (κ3) is 4.26. The summed E-state index contributed by atoms with van der Waals surface area (Å²) in [6, 6.07) is 9.15. The SMILES string of the molecule is COc1cc(NCC(=O)Nc2ccccc2F)c(OC)cc1Cl. The first kappa shape index (κ1) is 16.9. The summed E-state index contributed by atoms with van der Waals surface area (Å²) in [5.74, 6) is 0.0247. The van der Waals surface area contributed by atoms with Gasteiger partial charge < -0.3 is 20.1 Å². The maximum atomic E-state index is 13.5. The van der Waals surface area contributed by atoms with Crippen LogP contribution in [0.3, 0.4) is 0 Å². The molecule has 2 aromatic rings. The number of methoxy groups -OCH3 is 2. The number of benzene rings is 2. The fourth-order valence-electron chi connectivity index (χ4n) is 1.93. The summed E-state index contributed by atoms with van der Waals surface area (Å²) in [4.78, 5) is 11.9. The smallest absolute Gasteiger partial charge is 0.243 e. The minimum Gasteiger partial charge on any atom is -0.495 e. The summed E-state index contributed by atoms with van der Waals surface area (Å²) >= 11 is 6.01. The van der Waals surface area contributed by atoms with Gasteiger partial charge in [-0.05, 0) is 12.1 Å². The number of hydrogen-bond acceptors (Lipinski definition) is 4. The Hall–Kier alpha value is -2.47. The first-order chi connectivity index (χ1) is 11.0. The van der Waals surface area contributed by atoms with Gasteiger partial charge in [-0.15, -0.1) is 0 Å². The average Bonchev–Trinajstić information content (AvgIpc) is 2.55. The topological polar surface area (TPSA) is 59.6 Å². The van der Waals surface area contributed by atoms with Crippen LogP contribution in [0.5, 0.6) is 11.5 Å². The lowest BCUT2D eigenvalue weighted by molar-refractivity contribution is -0.114. The molecule has 23 heavy (non-hydrogen) atoms. The van der Waals surface area contributed by atoms with E-state index in [2.05, 4.69) is 10.6 Å². The molecule has 0 aliphatic rings. The minimum atomic E-state index is -0.494. The van der Waals surface area contributed by atoms with Crippen molar-refractivity contribution in [3.8, 4) is 11.5 Å². The molecule has 0 aromatic heterocycles. The summed E-state index contributed by atoms with van der Waals surface area (Å²) < 4.78 is 23.8. The number of rotatable bonds is 6. The number of amides is 1.